The highest BCUT2D eigenvalue weighted by Gasteiger charge is 2.26. The smallest absolute Gasteiger partial charge is 0.147 e. The highest BCUT2D eigenvalue weighted by atomic mass is 16.5. The van der Waals surface area contributed by atoms with Gasteiger partial charge in [-0.1, -0.05) is 36.4 Å². The Kier molecular flexibility index (Phi) is 4.29. The van der Waals surface area contributed by atoms with Gasteiger partial charge in [-0.2, -0.15) is 10.4 Å². The van der Waals surface area contributed by atoms with Crippen LogP contribution in [0.1, 0.15) is 35.6 Å². The largest absolute Gasteiger partial charge is 0.494 e. The second-order valence-electron chi connectivity index (χ2n) is 7.61. The van der Waals surface area contributed by atoms with Crippen LogP contribution in [0.5, 0.6) is 5.75 Å². The molecule has 0 saturated heterocycles. The predicted molar refractivity (Wildman–Crippen MR) is 114 cm³/mol. The average Bonchev–Trinajstić information content (AvgIpc) is 3.51. The maximum absolute atomic E-state index is 9.59. The molecule has 0 amide bonds. The number of hydrogen-bond acceptors (Lipinski definition) is 3. The first-order valence-corrected chi connectivity index (χ1v) is 9.89. The second kappa shape index (κ2) is 7.10. The number of fused-ring (bicyclic) bond motifs is 1. The van der Waals surface area contributed by atoms with E-state index < -0.39 is 0 Å². The van der Waals surface area contributed by atoms with E-state index in [-0.39, 0.29) is 0 Å². The van der Waals surface area contributed by atoms with E-state index in [1.54, 1.807) is 7.11 Å². The van der Waals surface area contributed by atoms with Gasteiger partial charge in [-0.05, 0) is 65.8 Å². The molecule has 1 fully saturated rings. The normalized spacial score (nSPS) is 13.4. The first-order chi connectivity index (χ1) is 14.2. The lowest BCUT2D eigenvalue weighted by atomic mass is 9.95. The fourth-order valence-electron chi connectivity index (χ4n) is 3.89. The molecule has 0 bridgehead atoms. The number of ether oxygens (including phenoxy) is 1. The maximum Gasteiger partial charge on any atom is 0.147 e. The Morgan fingerprint density at radius 1 is 1.07 bits per heavy atom. The molecule has 0 radical (unpaired) electrons. The number of rotatable bonds is 5. The summed E-state index contributed by atoms with van der Waals surface area (Å²) in [6.07, 6.45) is 5.28. The SMILES string of the molecule is COc1ccc(-c2cc(C#N)cc(Cc3ccccc3)c2)c2cn(C3CC3)nc12. The number of nitriles is 1. The number of methoxy groups -OCH3 is 1. The van der Waals surface area contributed by atoms with Crippen LogP contribution in [0.25, 0.3) is 22.0 Å². The molecular formula is C25H21N3O. The van der Waals surface area contributed by atoms with E-state index in [1.807, 2.05) is 36.4 Å². The van der Waals surface area contributed by atoms with Crippen LogP contribution in [0.15, 0.2) is 66.9 Å². The van der Waals surface area contributed by atoms with E-state index in [1.165, 1.54) is 18.4 Å². The first kappa shape index (κ1) is 17.5. The average molecular weight is 379 g/mol. The van der Waals surface area contributed by atoms with Gasteiger partial charge >= 0.3 is 0 Å². The van der Waals surface area contributed by atoms with Crippen molar-refractivity contribution in [1.29, 1.82) is 5.26 Å². The molecule has 0 spiro atoms. The van der Waals surface area contributed by atoms with Crippen molar-refractivity contribution in [3.8, 4) is 22.9 Å². The van der Waals surface area contributed by atoms with Gasteiger partial charge in [0.2, 0.25) is 0 Å². The van der Waals surface area contributed by atoms with Gasteiger partial charge in [0.05, 0.1) is 24.8 Å². The van der Waals surface area contributed by atoms with E-state index >= 15 is 0 Å². The maximum atomic E-state index is 9.59. The second-order valence-corrected chi connectivity index (χ2v) is 7.61. The Balaban J connectivity index is 1.64. The van der Waals surface area contributed by atoms with Gasteiger partial charge < -0.3 is 4.74 Å². The van der Waals surface area contributed by atoms with Gasteiger partial charge in [-0.15, -0.1) is 0 Å². The molecule has 142 valence electrons. The topological polar surface area (TPSA) is 50.8 Å². The van der Waals surface area contributed by atoms with E-state index in [9.17, 15) is 5.26 Å². The van der Waals surface area contributed by atoms with Crippen molar-refractivity contribution in [2.75, 3.05) is 7.11 Å². The molecule has 3 aromatic carbocycles. The minimum atomic E-state index is 0.499. The molecule has 0 aliphatic heterocycles. The third kappa shape index (κ3) is 3.36. The van der Waals surface area contributed by atoms with Gasteiger partial charge in [0.1, 0.15) is 11.3 Å². The Bertz CT molecular complexity index is 1230. The van der Waals surface area contributed by atoms with Crippen LogP contribution in [-0.2, 0) is 6.42 Å². The van der Waals surface area contributed by atoms with Gasteiger partial charge in [-0.25, -0.2) is 0 Å². The summed E-state index contributed by atoms with van der Waals surface area (Å²) in [4.78, 5) is 0. The van der Waals surface area contributed by atoms with E-state index in [2.05, 4.69) is 41.2 Å². The van der Waals surface area contributed by atoms with Crippen molar-refractivity contribution in [3.63, 3.8) is 0 Å². The monoisotopic (exact) mass is 379 g/mol. The van der Waals surface area contributed by atoms with E-state index in [0.717, 1.165) is 39.8 Å². The first-order valence-electron chi connectivity index (χ1n) is 9.89. The molecule has 29 heavy (non-hydrogen) atoms. The molecule has 1 saturated carbocycles. The summed E-state index contributed by atoms with van der Waals surface area (Å²) in [6.45, 7) is 0. The fraction of sp³-hybridized carbons (Fsp3) is 0.200. The quantitative estimate of drug-likeness (QED) is 0.459. The molecule has 0 unspecified atom stereocenters. The van der Waals surface area contributed by atoms with Crippen LogP contribution >= 0.6 is 0 Å². The molecule has 0 atom stereocenters. The van der Waals surface area contributed by atoms with Crippen molar-refractivity contribution in [1.82, 2.24) is 9.78 Å². The molecule has 1 aliphatic rings. The predicted octanol–water partition coefficient (Wildman–Crippen LogP) is 5.51. The fourth-order valence-corrected chi connectivity index (χ4v) is 3.89. The summed E-state index contributed by atoms with van der Waals surface area (Å²) < 4.78 is 7.62. The molecule has 4 nitrogen and oxygen atoms in total. The van der Waals surface area contributed by atoms with E-state index in [0.29, 0.717) is 11.6 Å². The van der Waals surface area contributed by atoms with Crippen molar-refractivity contribution in [2.24, 2.45) is 0 Å². The molecule has 1 heterocycles. The summed E-state index contributed by atoms with van der Waals surface area (Å²) in [7, 11) is 1.68. The van der Waals surface area contributed by atoms with E-state index in [4.69, 9.17) is 9.84 Å². The summed E-state index contributed by atoms with van der Waals surface area (Å²) in [5, 5.41) is 15.5. The lowest BCUT2D eigenvalue weighted by molar-refractivity contribution is 0.418. The van der Waals surface area contributed by atoms with Crippen molar-refractivity contribution >= 4 is 10.9 Å². The van der Waals surface area contributed by atoms with Crippen LogP contribution in [0.2, 0.25) is 0 Å². The third-order valence-corrected chi connectivity index (χ3v) is 5.48. The van der Waals surface area contributed by atoms with Gasteiger partial charge in [0.25, 0.3) is 0 Å². The highest BCUT2D eigenvalue weighted by molar-refractivity contribution is 5.98. The molecule has 5 rings (SSSR count). The lowest BCUT2D eigenvalue weighted by Gasteiger charge is -2.10. The Labute approximate surface area is 170 Å². The Morgan fingerprint density at radius 2 is 1.90 bits per heavy atom. The minimum Gasteiger partial charge on any atom is -0.494 e. The summed E-state index contributed by atoms with van der Waals surface area (Å²) in [5.41, 5.74) is 6.03. The molecular weight excluding hydrogens is 358 g/mol. The van der Waals surface area contributed by atoms with Crippen LogP contribution < -0.4 is 4.74 Å². The zero-order chi connectivity index (χ0) is 19.8. The Morgan fingerprint density at radius 3 is 2.62 bits per heavy atom. The van der Waals surface area contributed by atoms with Crippen molar-refractivity contribution in [3.05, 3.63) is 83.6 Å². The number of nitrogens with zero attached hydrogens (tertiary/aromatic N) is 3. The van der Waals surface area contributed by atoms with Crippen LogP contribution in [0.3, 0.4) is 0 Å². The lowest BCUT2D eigenvalue weighted by Crippen LogP contribution is -1.93. The van der Waals surface area contributed by atoms with Crippen molar-refractivity contribution < 1.29 is 4.74 Å². The zero-order valence-electron chi connectivity index (χ0n) is 16.3. The summed E-state index contributed by atoms with van der Waals surface area (Å²) >= 11 is 0. The van der Waals surface area contributed by atoms with Crippen LogP contribution in [-0.4, -0.2) is 16.9 Å². The summed E-state index contributed by atoms with van der Waals surface area (Å²) in [6, 6.07) is 23.3. The van der Waals surface area contributed by atoms with Crippen LogP contribution in [0.4, 0.5) is 0 Å². The standard InChI is InChI=1S/C25H21N3O/c1-29-24-10-9-22(23-16-28(21-7-8-21)27-25(23)24)20-13-18(12-19(14-20)15-26)11-17-5-3-2-4-6-17/h2-6,9-10,12-14,16,21H,7-8,11H2,1H3. The molecule has 0 N–H and O–H groups in total. The third-order valence-electron chi connectivity index (χ3n) is 5.48. The zero-order valence-corrected chi connectivity index (χ0v) is 16.3. The molecule has 4 aromatic rings. The highest BCUT2D eigenvalue weighted by Crippen LogP contribution is 2.39. The molecule has 4 heteroatoms. The van der Waals surface area contributed by atoms with Gasteiger partial charge in [-0.3, -0.25) is 4.68 Å². The van der Waals surface area contributed by atoms with Crippen molar-refractivity contribution in [2.45, 2.75) is 25.3 Å². The molecule has 1 aromatic heterocycles. The van der Waals surface area contributed by atoms with Gasteiger partial charge in [0, 0.05) is 11.6 Å². The summed E-state index contributed by atoms with van der Waals surface area (Å²) in [5.74, 6) is 0.782. The van der Waals surface area contributed by atoms with Gasteiger partial charge in [0.15, 0.2) is 0 Å². The number of benzene rings is 3. The number of aromatic nitrogens is 2. The number of hydrogen-bond donors (Lipinski definition) is 0. The molecule has 1 aliphatic carbocycles. The minimum absolute atomic E-state index is 0.499. The Hall–Kier alpha value is -3.58. The van der Waals surface area contributed by atoms with Crippen LogP contribution in [0, 0.1) is 11.3 Å².